The summed E-state index contributed by atoms with van der Waals surface area (Å²) in [6, 6.07) is 0. The predicted molar refractivity (Wildman–Crippen MR) is 59.1 cm³/mol. The molecule has 0 aromatic carbocycles. The molecule has 17 heavy (non-hydrogen) atoms. The summed E-state index contributed by atoms with van der Waals surface area (Å²) in [6.07, 6.45) is 0.746. The van der Waals surface area contributed by atoms with Crippen molar-refractivity contribution in [2.24, 2.45) is 11.8 Å². The van der Waals surface area contributed by atoms with Crippen LogP contribution in [0.15, 0.2) is 0 Å². The zero-order valence-corrected chi connectivity index (χ0v) is 10.3. The Hall–Kier alpha value is -1.11. The maximum atomic E-state index is 11.7. The van der Waals surface area contributed by atoms with E-state index in [1.807, 2.05) is 0 Å². The number of carbonyl (C=O) groups excluding carboxylic acids is 1. The number of carbonyl (C=O) groups is 2. The summed E-state index contributed by atoms with van der Waals surface area (Å²) in [5.41, 5.74) is -0.735. The van der Waals surface area contributed by atoms with Crippen molar-refractivity contribution in [2.75, 3.05) is 11.5 Å². The van der Waals surface area contributed by atoms with Gasteiger partial charge in [-0.2, -0.15) is 0 Å². The Morgan fingerprint density at radius 1 is 1.35 bits per heavy atom. The molecule has 2 aliphatic rings. The lowest BCUT2D eigenvalue weighted by molar-refractivity contribution is -0.140. The van der Waals surface area contributed by atoms with E-state index < -0.39 is 33.2 Å². The standard InChI is InChI=1S/C10H15NO5S/c1-10(2-3-17(15,16)5-10)11-8(12)6-4-7(6)9(13)14/h6-7H,2-5H2,1H3,(H,11,12)(H,13,14)/t6-,7+,10?/m1/s1. The van der Waals surface area contributed by atoms with Gasteiger partial charge in [0, 0.05) is 0 Å². The number of amides is 1. The topological polar surface area (TPSA) is 101 Å². The number of hydrogen-bond donors (Lipinski definition) is 2. The van der Waals surface area contributed by atoms with Crippen LogP contribution in [0.1, 0.15) is 19.8 Å². The summed E-state index contributed by atoms with van der Waals surface area (Å²) in [5.74, 6) is -2.37. The van der Waals surface area contributed by atoms with Gasteiger partial charge in [0.2, 0.25) is 5.91 Å². The molecule has 2 rings (SSSR count). The second-order valence-corrected chi connectivity index (χ2v) is 7.36. The van der Waals surface area contributed by atoms with Gasteiger partial charge in [-0.3, -0.25) is 9.59 Å². The fourth-order valence-electron chi connectivity index (χ4n) is 2.26. The third-order valence-electron chi connectivity index (χ3n) is 3.37. The number of nitrogens with one attached hydrogen (secondary N) is 1. The van der Waals surface area contributed by atoms with Crippen LogP contribution in [0.4, 0.5) is 0 Å². The van der Waals surface area contributed by atoms with E-state index in [2.05, 4.69) is 5.32 Å². The van der Waals surface area contributed by atoms with Crippen LogP contribution < -0.4 is 5.32 Å². The average Bonchev–Trinajstić information content (AvgIpc) is 2.89. The van der Waals surface area contributed by atoms with Crippen molar-refractivity contribution >= 4 is 21.7 Å². The van der Waals surface area contributed by atoms with Crippen molar-refractivity contribution in [3.05, 3.63) is 0 Å². The van der Waals surface area contributed by atoms with Crippen LogP contribution in [0.2, 0.25) is 0 Å². The van der Waals surface area contributed by atoms with E-state index in [0.717, 1.165) is 0 Å². The van der Waals surface area contributed by atoms with E-state index in [-0.39, 0.29) is 17.4 Å². The Morgan fingerprint density at radius 2 is 2.00 bits per heavy atom. The molecular formula is C10H15NO5S. The van der Waals surface area contributed by atoms with Gasteiger partial charge in [0.1, 0.15) is 0 Å². The number of hydrogen-bond acceptors (Lipinski definition) is 4. The maximum absolute atomic E-state index is 11.7. The van der Waals surface area contributed by atoms with Gasteiger partial charge in [-0.1, -0.05) is 0 Å². The molecule has 0 spiro atoms. The van der Waals surface area contributed by atoms with Crippen molar-refractivity contribution in [3.8, 4) is 0 Å². The predicted octanol–water partition coefficient (Wildman–Crippen LogP) is -0.599. The first kappa shape index (κ1) is 12.3. The van der Waals surface area contributed by atoms with Gasteiger partial charge in [-0.25, -0.2) is 8.42 Å². The van der Waals surface area contributed by atoms with Crippen LogP contribution in [-0.4, -0.2) is 42.4 Å². The van der Waals surface area contributed by atoms with Crippen molar-refractivity contribution in [1.82, 2.24) is 5.32 Å². The lowest BCUT2D eigenvalue weighted by Gasteiger charge is -2.23. The molecule has 7 heteroatoms. The van der Waals surface area contributed by atoms with Gasteiger partial charge in [0.05, 0.1) is 28.9 Å². The molecule has 1 aliphatic heterocycles. The highest BCUT2D eigenvalue weighted by molar-refractivity contribution is 7.91. The smallest absolute Gasteiger partial charge is 0.307 e. The van der Waals surface area contributed by atoms with Gasteiger partial charge < -0.3 is 10.4 Å². The first-order valence-electron chi connectivity index (χ1n) is 5.48. The fraction of sp³-hybridized carbons (Fsp3) is 0.800. The summed E-state index contributed by atoms with van der Waals surface area (Å²) in [5, 5.41) is 11.4. The molecule has 0 aromatic heterocycles. The van der Waals surface area contributed by atoms with Crippen LogP contribution in [-0.2, 0) is 19.4 Å². The second-order valence-electron chi connectivity index (χ2n) is 5.18. The highest BCUT2D eigenvalue weighted by Crippen LogP contribution is 2.39. The van der Waals surface area contributed by atoms with Crippen molar-refractivity contribution in [2.45, 2.75) is 25.3 Å². The summed E-state index contributed by atoms with van der Waals surface area (Å²) in [6.45, 7) is 1.69. The van der Waals surface area contributed by atoms with Crippen LogP contribution in [0.3, 0.4) is 0 Å². The molecule has 0 radical (unpaired) electrons. The highest BCUT2D eigenvalue weighted by atomic mass is 32.2. The summed E-state index contributed by atoms with van der Waals surface area (Å²) >= 11 is 0. The molecule has 3 atom stereocenters. The quantitative estimate of drug-likeness (QED) is 0.706. The molecule has 1 saturated heterocycles. The van der Waals surface area contributed by atoms with E-state index in [1.165, 1.54) is 0 Å². The Labute approximate surface area is 99.3 Å². The van der Waals surface area contributed by atoms with E-state index in [1.54, 1.807) is 6.92 Å². The lowest BCUT2D eigenvalue weighted by atomic mass is 10.0. The minimum Gasteiger partial charge on any atom is -0.481 e. The summed E-state index contributed by atoms with van der Waals surface area (Å²) in [7, 11) is -3.07. The molecular weight excluding hydrogens is 246 g/mol. The van der Waals surface area contributed by atoms with Gasteiger partial charge in [0.15, 0.2) is 9.84 Å². The first-order chi connectivity index (χ1) is 7.72. The van der Waals surface area contributed by atoms with Crippen molar-refractivity contribution in [1.29, 1.82) is 0 Å². The molecule has 1 saturated carbocycles. The largest absolute Gasteiger partial charge is 0.481 e. The van der Waals surface area contributed by atoms with Crippen LogP contribution in [0.25, 0.3) is 0 Å². The first-order valence-corrected chi connectivity index (χ1v) is 7.30. The van der Waals surface area contributed by atoms with Gasteiger partial charge in [-0.05, 0) is 19.8 Å². The summed E-state index contributed by atoms with van der Waals surface area (Å²) in [4.78, 5) is 22.3. The molecule has 1 heterocycles. The number of aliphatic carboxylic acids is 1. The Bertz CT molecular complexity index is 471. The second kappa shape index (κ2) is 3.69. The number of carboxylic acid groups (broad SMARTS) is 1. The Kier molecular flexibility index (Phi) is 2.68. The SMILES string of the molecule is CC1(NC(=O)[C@@H]2C[C@@H]2C(=O)O)CCS(=O)(=O)C1. The third kappa shape index (κ3) is 2.59. The minimum atomic E-state index is -3.07. The monoisotopic (exact) mass is 261 g/mol. The molecule has 0 aromatic rings. The minimum absolute atomic E-state index is 0.0593. The molecule has 96 valence electrons. The number of carboxylic acids is 1. The van der Waals surface area contributed by atoms with E-state index >= 15 is 0 Å². The lowest BCUT2D eigenvalue weighted by Crippen LogP contribution is -2.47. The van der Waals surface area contributed by atoms with E-state index in [9.17, 15) is 18.0 Å². The van der Waals surface area contributed by atoms with Gasteiger partial charge in [-0.15, -0.1) is 0 Å². The Morgan fingerprint density at radius 3 is 2.41 bits per heavy atom. The normalized spacial score (nSPS) is 38.6. The summed E-state index contributed by atoms with van der Waals surface area (Å²) < 4.78 is 22.7. The molecule has 0 bridgehead atoms. The van der Waals surface area contributed by atoms with Gasteiger partial charge >= 0.3 is 5.97 Å². The van der Waals surface area contributed by atoms with Crippen molar-refractivity contribution < 1.29 is 23.1 Å². The van der Waals surface area contributed by atoms with E-state index in [4.69, 9.17) is 5.11 Å². The molecule has 1 amide bonds. The number of sulfone groups is 1. The van der Waals surface area contributed by atoms with Crippen LogP contribution >= 0.6 is 0 Å². The average molecular weight is 261 g/mol. The molecule has 1 unspecified atom stereocenters. The molecule has 2 fully saturated rings. The van der Waals surface area contributed by atoms with Gasteiger partial charge in [0.25, 0.3) is 0 Å². The number of rotatable bonds is 3. The molecule has 6 nitrogen and oxygen atoms in total. The third-order valence-corrected chi connectivity index (χ3v) is 5.28. The van der Waals surface area contributed by atoms with E-state index in [0.29, 0.717) is 12.8 Å². The maximum Gasteiger partial charge on any atom is 0.307 e. The van der Waals surface area contributed by atoms with Crippen LogP contribution in [0, 0.1) is 11.8 Å². The Balaban J connectivity index is 1.95. The molecule has 1 aliphatic carbocycles. The van der Waals surface area contributed by atoms with Crippen molar-refractivity contribution in [3.63, 3.8) is 0 Å². The van der Waals surface area contributed by atoms with Crippen LogP contribution in [0.5, 0.6) is 0 Å². The zero-order valence-electron chi connectivity index (χ0n) is 9.47. The zero-order chi connectivity index (χ0) is 12.8. The highest BCUT2D eigenvalue weighted by Gasteiger charge is 2.50. The molecule has 2 N–H and O–H groups in total. The fourth-order valence-corrected chi connectivity index (χ4v) is 4.35.